The van der Waals surface area contributed by atoms with Gasteiger partial charge in [0.25, 0.3) is 5.89 Å². The van der Waals surface area contributed by atoms with Crippen LogP contribution in [0.2, 0.25) is 0 Å². The lowest BCUT2D eigenvalue weighted by Crippen LogP contribution is -2.14. The minimum Gasteiger partial charge on any atom is -0.482 e. The van der Waals surface area contributed by atoms with E-state index in [-0.39, 0.29) is 24.9 Å². The van der Waals surface area contributed by atoms with Gasteiger partial charge >= 0.3 is 5.97 Å². The van der Waals surface area contributed by atoms with Crippen LogP contribution < -0.4 is 4.74 Å². The van der Waals surface area contributed by atoms with Crippen molar-refractivity contribution >= 4 is 11.8 Å². The van der Waals surface area contributed by atoms with Crippen molar-refractivity contribution in [2.45, 2.75) is 26.9 Å². The van der Waals surface area contributed by atoms with Gasteiger partial charge in [-0.15, -0.1) is 10.2 Å². The molecule has 0 fully saturated rings. The number of carbonyl (C=O) groups excluding carboxylic acids is 2. The van der Waals surface area contributed by atoms with Gasteiger partial charge in [0.2, 0.25) is 5.89 Å². The van der Waals surface area contributed by atoms with Crippen molar-refractivity contribution in [2.75, 3.05) is 6.61 Å². The van der Waals surface area contributed by atoms with Crippen molar-refractivity contribution in [3.8, 4) is 17.2 Å². The summed E-state index contributed by atoms with van der Waals surface area (Å²) in [5, 5.41) is 7.84. The van der Waals surface area contributed by atoms with Crippen molar-refractivity contribution in [2.24, 2.45) is 0 Å². The second kappa shape index (κ2) is 8.94. The molecule has 2 aromatic carbocycles. The number of esters is 1. The third-order valence-corrected chi connectivity index (χ3v) is 3.94. The highest BCUT2D eigenvalue weighted by Crippen LogP contribution is 2.19. The largest absolute Gasteiger partial charge is 0.482 e. The average Bonchev–Trinajstić information content (AvgIpc) is 3.19. The third-order valence-electron chi connectivity index (χ3n) is 3.94. The van der Waals surface area contributed by atoms with Crippen molar-refractivity contribution in [3.05, 3.63) is 65.5 Å². The van der Waals surface area contributed by atoms with Crippen molar-refractivity contribution in [3.63, 3.8) is 0 Å². The van der Waals surface area contributed by atoms with E-state index in [0.29, 0.717) is 23.6 Å². The molecule has 0 saturated heterocycles. The zero-order valence-corrected chi connectivity index (χ0v) is 15.7. The van der Waals surface area contributed by atoms with E-state index in [2.05, 4.69) is 10.2 Å². The minimum atomic E-state index is -0.566. The van der Waals surface area contributed by atoms with Gasteiger partial charge in [0.15, 0.2) is 19.0 Å². The summed E-state index contributed by atoms with van der Waals surface area (Å²) >= 11 is 0. The van der Waals surface area contributed by atoms with Crippen LogP contribution in [-0.2, 0) is 16.1 Å². The topological polar surface area (TPSA) is 91.5 Å². The molecule has 0 radical (unpaired) electrons. The summed E-state index contributed by atoms with van der Waals surface area (Å²) in [6.07, 6.45) is 0.438. The zero-order valence-electron chi connectivity index (χ0n) is 15.7. The third kappa shape index (κ3) is 5.03. The first kappa shape index (κ1) is 19.3. The number of aryl methyl sites for hydroxylation is 1. The molecular weight excluding hydrogens is 360 g/mol. The van der Waals surface area contributed by atoms with Gasteiger partial charge in [0, 0.05) is 17.5 Å². The van der Waals surface area contributed by atoms with E-state index in [4.69, 9.17) is 13.9 Å². The second-order valence-electron chi connectivity index (χ2n) is 6.12. The number of rotatable bonds is 8. The van der Waals surface area contributed by atoms with Crippen LogP contribution >= 0.6 is 0 Å². The molecule has 7 heteroatoms. The fourth-order valence-electron chi connectivity index (χ4n) is 2.47. The van der Waals surface area contributed by atoms with E-state index >= 15 is 0 Å². The summed E-state index contributed by atoms with van der Waals surface area (Å²) in [5.74, 6) is 0.531. The maximum Gasteiger partial charge on any atom is 0.344 e. The molecule has 7 nitrogen and oxygen atoms in total. The summed E-state index contributed by atoms with van der Waals surface area (Å²) in [5.41, 5.74) is 2.49. The van der Waals surface area contributed by atoms with E-state index in [1.54, 1.807) is 31.2 Å². The van der Waals surface area contributed by atoms with E-state index in [0.717, 1.165) is 11.1 Å². The SMILES string of the molecule is CCC(=O)c1ccc(OCC(=O)OCc2nnc(-c3cccc(C)c3)o2)cc1. The molecule has 1 heterocycles. The molecule has 3 rings (SSSR count). The summed E-state index contributed by atoms with van der Waals surface area (Å²) < 4.78 is 16.0. The Labute approximate surface area is 162 Å². The van der Waals surface area contributed by atoms with Crippen molar-refractivity contribution in [1.82, 2.24) is 10.2 Å². The Kier molecular flexibility index (Phi) is 6.16. The molecule has 0 amide bonds. The molecule has 0 aliphatic carbocycles. The van der Waals surface area contributed by atoms with Gasteiger partial charge in [-0.3, -0.25) is 4.79 Å². The van der Waals surface area contributed by atoms with E-state index in [9.17, 15) is 9.59 Å². The summed E-state index contributed by atoms with van der Waals surface area (Å²) in [7, 11) is 0. The highest BCUT2D eigenvalue weighted by atomic mass is 16.6. The van der Waals surface area contributed by atoms with Gasteiger partial charge in [-0.2, -0.15) is 0 Å². The Balaban J connectivity index is 1.48. The van der Waals surface area contributed by atoms with Crippen LogP contribution in [0.1, 0.15) is 35.2 Å². The number of hydrogen-bond acceptors (Lipinski definition) is 7. The number of ketones is 1. The molecule has 1 aromatic heterocycles. The van der Waals surface area contributed by atoms with Gasteiger partial charge in [-0.05, 0) is 43.3 Å². The minimum absolute atomic E-state index is 0.0514. The predicted molar refractivity (Wildman–Crippen MR) is 101 cm³/mol. The van der Waals surface area contributed by atoms with Gasteiger partial charge < -0.3 is 13.9 Å². The quantitative estimate of drug-likeness (QED) is 0.434. The summed E-state index contributed by atoms with van der Waals surface area (Å²) in [6.45, 7) is 3.37. The van der Waals surface area contributed by atoms with Crippen LogP contribution in [0.4, 0.5) is 0 Å². The fraction of sp³-hybridized carbons (Fsp3) is 0.238. The molecule has 0 atom stereocenters. The number of nitrogens with zero attached hydrogens (tertiary/aromatic N) is 2. The second-order valence-corrected chi connectivity index (χ2v) is 6.12. The summed E-state index contributed by atoms with van der Waals surface area (Å²) in [4.78, 5) is 23.4. The van der Waals surface area contributed by atoms with E-state index in [1.165, 1.54) is 0 Å². The van der Waals surface area contributed by atoms with Crippen molar-refractivity contribution in [1.29, 1.82) is 0 Å². The molecule has 3 aromatic rings. The fourth-order valence-corrected chi connectivity index (χ4v) is 2.47. The van der Waals surface area contributed by atoms with Gasteiger partial charge in [0.05, 0.1) is 0 Å². The number of aromatic nitrogens is 2. The first-order valence-corrected chi connectivity index (χ1v) is 8.86. The maximum atomic E-state index is 11.8. The zero-order chi connectivity index (χ0) is 19.9. The molecule has 0 N–H and O–H groups in total. The predicted octanol–water partition coefficient (Wildman–Crippen LogP) is 3.76. The highest BCUT2D eigenvalue weighted by Gasteiger charge is 2.12. The molecular formula is C21H20N2O5. The molecule has 144 valence electrons. The Morgan fingerprint density at radius 1 is 1.07 bits per heavy atom. The maximum absolute atomic E-state index is 11.8. The Morgan fingerprint density at radius 3 is 2.57 bits per heavy atom. The molecule has 0 spiro atoms. The number of benzene rings is 2. The van der Waals surface area contributed by atoms with Gasteiger partial charge in [0.1, 0.15) is 5.75 Å². The first-order chi connectivity index (χ1) is 13.5. The Hall–Kier alpha value is -3.48. The van der Waals surface area contributed by atoms with Crippen LogP contribution in [0.25, 0.3) is 11.5 Å². The monoisotopic (exact) mass is 380 g/mol. The summed E-state index contributed by atoms with van der Waals surface area (Å²) in [6, 6.07) is 14.3. The van der Waals surface area contributed by atoms with E-state index in [1.807, 2.05) is 31.2 Å². The van der Waals surface area contributed by atoms with Crippen molar-refractivity contribution < 1.29 is 23.5 Å². The highest BCUT2D eigenvalue weighted by molar-refractivity contribution is 5.95. The van der Waals surface area contributed by atoms with Crippen LogP contribution in [0, 0.1) is 6.92 Å². The first-order valence-electron chi connectivity index (χ1n) is 8.86. The average molecular weight is 380 g/mol. The normalized spacial score (nSPS) is 10.5. The van der Waals surface area contributed by atoms with E-state index < -0.39 is 5.97 Å². The molecule has 0 saturated carbocycles. The molecule has 28 heavy (non-hydrogen) atoms. The van der Waals surface area contributed by atoms with Gasteiger partial charge in [-0.1, -0.05) is 24.6 Å². The van der Waals surface area contributed by atoms with Gasteiger partial charge in [-0.25, -0.2) is 4.79 Å². The van der Waals surface area contributed by atoms with Crippen LogP contribution in [0.3, 0.4) is 0 Å². The van der Waals surface area contributed by atoms with Crippen LogP contribution in [0.5, 0.6) is 5.75 Å². The molecule has 0 aliphatic rings. The standard InChI is InChI=1S/C21H20N2O5/c1-3-18(24)15-7-9-17(10-8-15)26-13-20(25)27-12-19-22-23-21(28-19)16-6-4-5-14(2)11-16/h4-11H,3,12-13H2,1-2H3. The Bertz CT molecular complexity index is 963. The molecule has 0 aliphatic heterocycles. The lowest BCUT2D eigenvalue weighted by atomic mass is 10.1. The lowest BCUT2D eigenvalue weighted by Gasteiger charge is -2.06. The smallest absolute Gasteiger partial charge is 0.344 e. The molecule has 0 bridgehead atoms. The van der Waals surface area contributed by atoms with Crippen LogP contribution in [-0.4, -0.2) is 28.6 Å². The number of hydrogen-bond donors (Lipinski definition) is 0. The Morgan fingerprint density at radius 2 is 1.86 bits per heavy atom. The molecule has 0 unspecified atom stereocenters. The lowest BCUT2D eigenvalue weighted by molar-refractivity contribution is -0.148. The number of Topliss-reactive ketones (excluding diaryl/α,β-unsaturated/α-hetero) is 1. The number of ether oxygens (including phenoxy) is 2. The number of carbonyl (C=O) groups is 2. The van der Waals surface area contributed by atoms with Crippen LogP contribution in [0.15, 0.2) is 52.9 Å².